The minimum atomic E-state index is 0.346. The van der Waals surface area contributed by atoms with E-state index in [9.17, 15) is 0 Å². The van der Waals surface area contributed by atoms with Gasteiger partial charge in [-0.1, -0.05) is 0 Å². The van der Waals surface area contributed by atoms with Crippen molar-refractivity contribution in [3.8, 4) is 0 Å². The van der Waals surface area contributed by atoms with Crippen LogP contribution in [0.3, 0.4) is 0 Å². The van der Waals surface area contributed by atoms with Crippen molar-refractivity contribution in [3.05, 3.63) is 0 Å². The lowest BCUT2D eigenvalue weighted by Crippen LogP contribution is -2.10. The Kier molecular flexibility index (Phi) is 1.26. The number of hydrogen-bond donors (Lipinski definition) is 2. The van der Waals surface area contributed by atoms with Crippen LogP contribution in [0.2, 0.25) is 0 Å². The third-order valence-corrected chi connectivity index (χ3v) is 0.891. The van der Waals surface area contributed by atoms with Crippen molar-refractivity contribution >= 4 is 11.9 Å². The number of anilines is 2. The third-order valence-electron chi connectivity index (χ3n) is 0.891. The van der Waals surface area contributed by atoms with Gasteiger partial charge >= 0.3 is 0 Å². The van der Waals surface area contributed by atoms with Crippen LogP contribution in [0.1, 0.15) is 0 Å². The fraction of sp³-hybridized carbons (Fsp3) is 0.500. The Bertz CT molecular complexity index is 191. The van der Waals surface area contributed by atoms with E-state index in [0.29, 0.717) is 11.9 Å². The molecule has 0 saturated heterocycles. The van der Waals surface area contributed by atoms with Crippen LogP contribution in [0.15, 0.2) is 0 Å². The lowest BCUT2D eigenvalue weighted by molar-refractivity contribution is 0.999. The Morgan fingerprint density at radius 2 is 2.22 bits per heavy atom. The molecular weight excluding hydrogens is 118 g/mol. The van der Waals surface area contributed by atoms with Crippen molar-refractivity contribution in [1.29, 1.82) is 0 Å². The summed E-state index contributed by atoms with van der Waals surface area (Å²) in [5.74, 6) is 0.950. The molecule has 0 amide bonds. The van der Waals surface area contributed by atoms with E-state index in [1.54, 1.807) is 4.90 Å². The average molecular weight is 127 g/mol. The fourth-order valence-electron chi connectivity index (χ4n) is 0.465. The summed E-state index contributed by atoms with van der Waals surface area (Å²) in [6.07, 6.45) is 0. The normalized spacial score (nSPS) is 9.56. The fourth-order valence-corrected chi connectivity index (χ4v) is 0.465. The molecule has 3 N–H and O–H groups in total. The SMILES string of the molecule is CN(C)c1n[nH]c(N)n1. The quantitative estimate of drug-likeness (QED) is 0.531. The highest BCUT2D eigenvalue weighted by atomic mass is 15.4. The first kappa shape index (κ1) is 5.87. The van der Waals surface area contributed by atoms with E-state index in [0.717, 1.165) is 0 Å². The molecule has 1 heterocycles. The van der Waals surface area contributed by atoms with Gasteiger partial charge in [0.05, 0.1) is 0 Å². The number of nitrogens with zero attached hydrogens (tertiary/aromatic N) is 3. The van der Waals surface area contributed by atoms with Crippen LogP contribution in [-0.2, 0) is 0 Å². The first-order valence-corrected chi connectivity index (χ1v) is 2.55. The molecule has 0 aliphatic carbocycles. The maximum absolute atomic E-state index is 5.26. The van der Waals surface area contributed by atoms with Gasteiger partial charge in [0.2, 0.25) is 11.9 Å². The molecule has 9 heavy (non-hydrogen) atoms. The summed E-state index contributed by atoms with van der Waals surface area (Å²) in [6, 6.07) is 0. The minimum Gasteiger partial charge on any atom is -0.368 e. The number of rotatable bonds is 1. The van der Waals surface area contributed by atoms with E-state index in [2.05, 4.69) is 15.2 Å². The third kappa shape index (κ3) is 1.10. The van der Waals surface area contributed by atoms with Gasteiger partial charge in [-0.25, -0.2) is 5.10 Å². The van der Waals surface area contributed by atoms with Crippen molar-refractivity contribution in [3.63, 3.8) is 0 Å². The molecule has 1 aromatic heterocycles. The van der Waals surface area contributed by atoms with Gasteiger partial charge in [0, 0.05) is 14.1 Å². The lowest BCUT2D eigenvalue weighted by Gasteiger charge is -2.02. The number of nitrogens with one attached hydrogen (secondary N) is 1. The minimum absolute atomic E-state index is 0.346. The standard InChI is InChI=1S/C4H9N5/c1-9(2)4-6-3(5)7-8-4/h1-2H3,(H3,5,6,7,8). The molecule has 0 aliphatic rings. The van der Waals surface area contributed by atoms with Crippen LogP contribution < -0.4 is 10.6 Å². The average Bonchev–Trinajstić information content (AvgIpc) is 2.14. The van der Waals surface area contributed by atoms with E-state index in [-0.39, 0.29) is 0 Å². The number of hydrogen-bond acceptors (Lipinski definition) is 4. The highest BCUT2D eigenvalue weighted by molar-refractivity contribution is 5.31. The largest absolute Gasteiger partial charge is 0.368 e. The van der Waals surface area contributed by atoms with Crippen molar-refractivity contribution in [2.45, 2.75) is 0 Å². The highest BCUT2D eigenvalue weighted by Gasteiger charge is 1.98. The molecule has 5 heteroatoms. The number of nitrogens with two attached hydrogens (primary N) is 1. The summed E-state index contributed by atoms with van der Waals surface area (Å²) < 4.78 is 0. The Balaban J connectivity index is 2.85. The van der Waals surface area contributed by atoms with Gasteiger partial charge in [-0.2, -0.15) is 4.98 Å². The molecule has 0 bridgehead atoms. The van der Waals surface area contributed by atoms with Crippen molar-refractivity contribution in [2.24, 2.45) is 0 Å². The van der Waals surface area contributed by atoms with Gasteiger partial charge in [0.25, 0.3) is 0 Å². The smallest absolute Gasteiger partial charge is 0.245 e. The first-order valence-electron chi connectivity index (χ1n) is 2.55. The summed E-state index contributed by atoms with van der Waals surface area (Å²) in [4.78, 5) is 5.62. The number of aromatic amines is 1. The van der Waals surface area contributed by atoms with Gasteiger partial charge < -0.3 is 10.6 Å². The number of aromatic nitrogens is 3. The van der Waals surface area contributed by atoms with Crippen molar-refractivity contribution in [1.82, 2.24) is 15.2 Å². The second-order valence-corrected chi connectivity index (χ2v) is 1.92. The Hall–Kier alpha value is -1.26. The molecule has 0 unspecified atom stereocenters. The van der Waals surface area contributed by atoms with Gasteiger partial charge in [-0.15, -0.1) is 5.10 Å². The predicted octanol–water partition coefficient (Wildman–Crippen LogP) is -0.547. The van der Waals surface area contributed by atoms with E-state index < -0.39 is 0 Å². The lowest BCUT2D eigenvalue weighted by atomic mass is 10.8. The molecule has 0 aromatic carbocycles. The zero-order valence-corrected chi connectivity index (χ0v) is 5.42. The molecule has 1 rings (SSSR count). The maximum atomic E-state index is 5.26. The molecule has 0 fully saturated rings. The molecule has 0 aliphatic heterocycles. The summed E-state index contributed by atoms with van der Waals surface area (Å²) in [5, 5.41) is 6.31. The van der Waals surface area contributed by atoms with Gasteiger partial charge in [-0.3, -0.25) is 0 Å². The number of H-pyrrole nitrogens is 1. The highest BCUT2D eigenvalue weighted by Crippen LogP contribution is 2.00. The monoisotopic (exact) mass is 127 g/mol. The van der Waals surface area contributed by atoms with Crippen LogP contribution in [0.4, 0.5) is 11.9 Å². The van der Waals surface area contributed by atoms with Gasteiger partial charge in [-0.05, 0) is 0 Å². The Morgan fingerprint density at radius 3 is 2.44 bits per heavy atom. The molecule has 50 valence electrons. The number of nitrogen functional groups attached to an aromatic ring is 1. The summed E-state index contributed by atoms with van der Waals surface area (Å²) in [6.45, 7) is 0. The predicted molar refractivity (Wildman–Crippen MR) is 35.1 cm³/mol. The zero-order valence-electron chi connectivity index (χ0n) is 5.42. The van der Waals surface area contributed by atoms with Crippen molar-refractivity contribution in [2.75, 3.05) is 24.7 Å². The maximum Gasteiger partial charge on any atom is 0.245 e. The summed E-state index contributed by atoms with van der Waals surface area (Å²) in [5.41, 5.74) is 5.26. The summed E-state index contributed by atoms with van der Waals surface area (Å²) in [7, 11) is 3.70. The second-order valence-electron chi connectivity index (χ2n) is 1.92. The topological polar surface area (TPSA) is 70.8 Å². The van der Waals surface area contributed by atoms with Crippen LogP contribution in [0.5, 0.6) is 0 Å². The molecular formula is C4H9N5. The van der Waals surface area contributed by atoms with E-state index in [1.807, 2.05) is 14.1 Å². The van der Waals surface area contributed by atoms with Crippen LogP contribution in [-0.4, -0.2) is 29.3 Å². The molecule has 0 radical (unpaired) electrons. The van der Waals surface area contributed by atoms with Crippen LogP contribution in [0.25, 0.3) is 0 Å². The Labute approximate surface area is 52.9 Å². The first-order chi connectivity index (χ1) is 4.20. The second kappa shape index (κ2) is 1.93. The zero-order chi connectivity index (χ0) is 6.85. The van der Waals surface area contributed by atoms with E-state index in [1.165, 1.54) is 0 Å². The van der Waals surface area contributed by atoms with E-state index in [4.69, 9.17) is 5.73 Å². The van der Waals surface area contributed by atoms with Crippen molar-refractivity contribution < 1.29 is 0 Å². The Morgan fingerprint density at radius 1 is 1.56 bits per heavy atom. The van der Waals surface area contributed by atoms with Crippen LogP contribution >= 0.6 is 0 Å². The van der Waals surface area contributed by atoms with E-state index >= 15 is 0 Å². The molecule has 0 saturated carbocycles. The summed E-state index contributed by atoms with van der Waals surface area (Å²) >= 11 is 0. The molecule has 5 nitrogen and oxygen atoms in total. The molecule has 1 aromatic rings. The van der Waals surface area contributed by atoms with Crippen LogP contribution in [0, 0.1) is 0 Å². The van der Waals surface area contributed by atoms with Gasteiger partial charge in [0.1, 0.15) is 0 Å². The molecule has 0 spiro atoms. The molecule has 0 atom stereocenters. The van der Waals surface area contributed by atoms with Gasteiger partial charge in [0.15, 0.2) is 0 Å².